The maximum absolute atomic E-state index is 12.7. The van der Waals surface area contributed by atoms with Crippen molar-refractivity contribution < 1.29 is 19.5 Å². The number of amides is 3. The Hall–Kier alpha value is -2.89. The van der Waals surface area contributed by atoms with Gasteiger partial charge in [-0.2, -0.15) is 0 Å². The summed E-state index contributed by atoms with van der Waals surface area (Å²) in [6.07, 6.45) is 1.70. The van der Waals surface area contributed by atoms with Crippen LogP contribution in [0.1, 0.15) is 30.7 Å². The van der Waals surface area contributed by atoms with Crippen LogP contribution in [-0.4, -0.2) is 51.9 Å². The van der Waals surface area contributed by atoms with Crippen LogP contribution in [0.2, 0.25) is 0 Å². The summed E-state index contributed by atoms with van der Waals surface area (Å²) in [5, 5.41) is 11.5. The molecule has 0 spiro atoms. The second-order valence-corrected chi connectivity index (χ2v) is 6.96. The van der Waals surface area contributed by atoms with E-state index < -0.39 is 23.9 Å². The van der Waals surface area contributed by atoms with Crippen LogP contribution < -0.4 is 0 Å². The maximum atomic E-state index is 12.7. The number of fused-ring (bicyclic) bond motifs is 1. The summed E-state index contributed by atoms with van der Waals surface area (Å²) < 4.78 is 0. The van der Waals surface area contributed by atoms with E-state index in [2.05, 4.69) is 24.3 Å². The molecular formula is C20H20N2O4. The molecular weight excluding hydrogens is 332 g/mol. The van der Waals surface area contributed by atoms with Gasteiger partial charge < -0.3 is 10.0 Å². The number of likely N-dealkylation sites (tertiary alicyclic amines) is 2. The molecule has 2 heterocycles. The first-order chi connectivity index (χ1) is 12.6. The number of carboxylic acid groups (broad SMARTS) is 1. The molecule has 1 N–H and O–H groups in total. The predicted molar refractivity (Wildman–Crippen MR) is 95.8 cm³/mol. The highest BCUT2D eigenvalue weighted by molar-refractivity contribution is 6.05. The molecule has 4 rings (SSSR count). The average Bonchev–Trinajstić information content (AvgIpc) is 2.65. The fraction of sp³-hybridized carbons (Fsp3) is 0.350. The topological polar surface area (TPSA) is 77.9 Å². The van der Waals surface area contributed by atoms with Gasteiger partial charge in [0.25, 0.3) is 0 Å². The van der Waals surface area contributed by atoms with E-state index >= 15 is 0 Å². The molecule has 2 fully saturated rings. The highest BCUT2D eigenvalue weighted by atomic mass is 16.4. The van der Waals surface area contributed by atoms with Gasteiger partial charge in [-0.05, 0) is 29.2 Å². The molecule has 2 saturated heterocycles. The Morgan fingerprint density at radius 1 is 1.08 bits per heavy atom. The van der Waals surface area contributed by atoms with Gasteiger partial charge in [0, 0.05) is 19.0 Å². The molecule has 2 unspecified atom stereocenters. The van der Waals surface area contributed by atoms with Crippen molar-refractivity contribution in [1.82, 2.24) is 9.80 Å². The van der Waals surface area contributed by atoms with Crippen LogP contribution in [-0.2, 0) is 9.59 Å². The molecule has 2 aliphatic heterocycles. The number of piperidine rings is 1. The number of hydrogen-bond acceptors (Lipinski definition) is 3. The van der Waals surface area contributed by atoms with Crippen molar-refractivity contribution in [2.45, 2.75) is 31.2 Å². The standard InChI is InChI=1S/C20H20N2O4/c23-18-11-17(19(24)25)22(18)20(26)21-10-4-7-14(12-21)16-9-3-6-13-5-1-2-8-15(13)16/h1-3,5-6,8-9,14,17H,4,7,10-12H2,(H,24,25). The summed E-state index contributed by atoms with van der Waals surface area (Å²) >= 11 is 0. The second kappa shape index (κ2) is 6.44. The van der Waals surface area contributed by atoms with Crippen molar-refractivity contribution in [1.29, 1.82) is 0 Å². The molecule has 2 aromatic carbocycles. The van der Waals surface area contributed by atoms with Crippen LogP contribution in [0.15, 0.2) is 42.5 Å². The van der Waals surface area contributed by atoms with Crippen LogP contribution >= 0.6 is 0 Å². The van der Waals surface area contributed by atoms with Crippen molar-refractivity contribution >= 4 is 28.7 Å². The Morgan fingerprint density at radius 3 is 2.62 bits per heavy atom. The number of rotatable bonds is 2. The average molecular weight is 352 g/mol. The highest BCUT2D eigenvalue weighted by Crippen LogP contribution is 2.33. The van der Waals surface area contributed by atoms with Crippen LogP contribution in [0.25, 0.3) is 10.8 Å². The molecule has 134 valence electrons. The third kappa shape index (κ3) is 2.71. The Labute approximate surface area is 151 Å². The lowest BCUT2D eigenvalue weighted by Gasteiger charge is -2.41. The van der Waals surface area contributed by atoms with Crippen molar-refractivity contribution in [3.8, 4) is 0 Å². The molecule has 0 aliphatic carbocycles. The van der Waals surface area contributed by atoms with E-state index in [4.69, 9.17) is 5.11 Å². The first-order valence-electron chi connectivity index (χ1n) is 8.87. The summed E-state index contributed by atoms with van der Waals surface area (Å²) in [6.45, 7) is 1.05. The Balaban J connectivity index is 1.57. The Bertz CT molecular complexity index is 889. The minimum atomic E-state index is -1.12. The molecule has 0 bridgehead atoms. The van der Waals surface area contributed by atoms with E-state index in [0.717, 1.165) is 23.1 Å². The van der Waals surface area contributed by atoms with E-state index in [-0.39, 0.29) is 12.3 Å². The summed E-state index contributed by atoms with van der Waals surface area (Å²) in [5.41, 5.74) is 1.20. The van der Waals surface area contributed by atoms with Crippen molar-refractivity contribution in [2.75, 3.05) is 13.1 Å². The van der Waals surface area contributed by atoms with Gasteiger partial charge in [0.1, 0.15) is 6.04 Å². The smallest absolute Gasteiger partial charge is 0.327 e. The number of benzene rings is 2. The largest absolute Gasteiger partial charge is 0.480 e. The van der Waals surface area contributed by atoms with Gasteiger partial charge in [-0.25, -0.2) is 14.5 Å². The number of hydrogen-bond donors (Lipinski definition) is 1. The summed E-state index contributed by atoms with van der Waals surface area (Å²) in [7, 11) is 0. The molecule has 3 amide bonds. The number of carbonyl (C=O) groups excluding carboxylic acids is 2. The van der Waals surface area contributed by atoms with Crippen LogP contribution in [0.4, 0.5) is 4.79 Å². The second-order valence-electron chi connectivity index (χ2n) is 6.96. The molecule has 2 atom stereocenters. The number of carboxylic acids is 1. The minimum absolute atomic E-state index is 0.0956. The van der Waals surface area contributed by atoms with Gasteiger partial charge in [0.05, 0.1) is 6.42 Å². The number of carbonyl (C=O) groups is 3. The van der Waals surface area contributed by atoms with E-state index in [1.54, 1.807) is 4.90 Å². The quantitative estimate of drug-likeness (QED) is 0.843. The summed E-state index contributed by atoms with van der Waals surface area (Å²) in [4.78, 5) is 38.2. The number of nitrogens with zero attached hydrogens (tertiary/aromatic N) is 2. The van der Waals surface area contributed by atoms with Gasteiger partial charge in [0.15, 0.2) is 0 Å². The Morgan fingerprint density at radius 2 is 1.85 bits per heavy atom. The zero-order valence-corrected chi connectivity index (χ0v) is 14.3. The fourth-order valence-corrected chi connectivity index (χ4v) is 4.02. The zero-order chi connectivity index (χ0) is 18.3. The van der Waals surface area contributed by atoms with Gasteiger partial charge in [-0.1, -0.05) is 42.5 Å². The summed E-state index contributed by atoms with van der Waals surface area (Å²) in [6, 6.07) is 12.9. The molecule has 0 aromatic heterocycles. The van der Waals surface area contributed by atoms with E-state index in [0.29, 0.717) is 13.1 Å². The number of urea groups is 1. The van der Waals surface area contributed by atoms with Gasteiger partial charge in [-0.15, -0.1) is 0 Å². The normalized spacial score (nSPS) is 23.0. The minimum Gasteiger partial charge on any atom is -0.480 e. The van der Waals surface area contributed by atoms with Crippen molar-refractivity contribution in [3.05, 3.63) is 48.0 Å². The third-order valence-corrected chi connectivity index (χ3v) is 5.39. The van der Waals surface area contributed by atoms with E-state index in [1.807, 2.05) is 18.2 Å². The lowest BCUT2D eigenvalue weighted by Crippen LogP contribution is -2.63. The van der Waals surface area contributed by atoms with Crippen LogP contribution in [0.5, 0.6) is 0 Å². The molecule has 26 heavy (non-hydrogen) atoms. The highest BCUT2D eigenvalue weighted by Gasteiger charge is 2.47. The zero-order valence-electron chi connectivity index (χ0n) is 14.3. The number of imide groups is 1. The predicted octanol–water partition coefficient (Wildman–Crippen LogP) is 2.82. The van der Waals surface area contributed by atoms with E-state index in [1.165, 1.54) is 10.9 Å². The number of β-lactam (4-membered cyclic amide) rings is 1. The molecule has 2 aromatic rings. The van der Waals surface area contributed by atoms with E-state index in [9.17, 15) is 14.4 Å². The summed E-state index contributed by atoms with van der Waals surface area (Å²) in [5.74, 6) is -1.35. The molecule has 0 radical (unpaired) electrons. The monoisotopic (exact) mass is 352 g/mol. The van der Waals surface area contributed by atoms with Gasteiger partial charge >= 0.3 is 12.0 Å². The SMILES string of the molecule is O=C(O)C1CC(=O)N1C(=O)N1CCCC(c2cccc3ccccc23)C1. The third-order valence-electron chi connectivity index (χ3n) is 5.39. The van der Waals surface area contributed by atoms with Crippen molar-refractivity contribution in [3.63, 3.8) is 0 Å². The van der Waals surface area contributed by atoms with Crippen molar-refractivity contribution in [2.24, 2.45) is 0 Å². The van der Waals surface area contributed by atoms with Crippen LogP contribution in [0, 0.1) is 0 Å². The van der Waals surface area contributed by atoms with Gasteiger partial charge in [-0.3, -0.25) is 4.79 Å². The molecule has 6 nitrogen and oxygen atoms in total. The lowest BCUT2D eigenvalue weighted by atomic mass is 9.87. The fourth-order valence-electron chi connectivity index (χ4n) is 4.02. The van der Waals surface area contributed by atoms with Crippen LogP contribution in [0.3, 0.4) is 0 Å². The maximum Gasteiger partial charge on any atom is 0.327 e. The lowest BCUT2D eigenvalue weighted by molar-refractivity contribution is -0.158. The first-order valence-corrected chi connectivity index (χ1v) is 8.87. The first kappa shape index (κ1) is 16.6. The molecule has 6 heteroatoms. The molecule has 2 aliphatic rings. The van der Waals surface area contributed by atoms with Gasteiger partial charge in [0.2, 0.25) is 5.91 Å². The molecule has 0 saturated carbocycles. The number of aliphatic carboxylic acids is 1. The Kier molecular flexibility index (Phi) is 4.11.